The number of hydrogen-bond donors (Lipinski definition) is 0. The number of imidazole rings is 1. The second-order valence-corrected chi connectivity index (χ2v) is 2.74. The Balaban J connectivity index is 2.33. The quantitative estimate of drug-likeness (QED) is 0.679. The Kier molecular flexibility index (Phi) is 2.23. The molecule has 0 spiro atoms. The van der Waals surface area contributed by atoms with Crippen molar-refractivity contribution in [1.82, 2.24) is 19.5 Å². The summed E-state index contributed by atoms with van der Waals surface area (Å²) in [6.07, 6.45) is 8.49. The minimum absolute atomic E-state index is 0.386. The molecule has 0 fully saturated rings. The molecule has 0 N–H and O–H groups in total. The van der Waals surface area contributed by atoms with Gasteiger partial charge >= 0.3 is 0 Å². The summed E-state index contributed by atoms with van der Waals surface area (Å²) in [7, 11) is 0. The van der Waals surface area contributed by atoms with E-state index in [1.54, 1.807) is 29.5 Å². The lowest BCUT2D eigenvalue weighted by atomic mass is 10.5. The van der Waals surface area contributed by atoms with E-state index in [1.165, 1.54) is 0 Å². The van der Waals surface area contributed by atoms with Crippen LogP contribution < -0.4 is 0 Å². The fourth-order valence-corrected chi connectivity index (χ4v) is 1.08. The maximum absolute atomic E-state index is 5.58. The number of rotatable bonds is 2. The summed E-state index contributed by atoms with van der Waals surface area (Å²) in [5, 5.41) is 0. The molecule has 0 radical (unpaired) electrons. The van der Waals surface area contributed by atoms with Crippen LogP contribution >= 0.6 is 11.6 Å². The Morgan fingerprint density at radius 3 is 2.77 bits per heavy atom. The fourth-order valence-electron chi connectivity index (χ4n) is 0.945. The predicted molar refractivity (Wildman–Crippen MR) is 48.7 cm³/mol. The molecule has 0 amide bonds. The first-order valence-electron chi connectivity index (χ1n) is 3.75. The number of aromatic nitrogens is 4. The van der Waals surface area contributed by atoms with E-state index in [0.717, 1.165) is 11.5 Å². The highest BCUT2D eigenvalue weighted by Crippen LogP contribution is 2.03. The van der Waals surface area contributed by atoms with Crippen LogP contribution in [0.4, 0.5) is 0 Å². The average Bonchev–Trinajstić information content (AvgIpc) is 2.71. The third-order valence-corrected chi connectivity index (χ3v) is 1.87. The van der Waals surface area contributed by atoms with Crippen LogP contribution in [0.2, 0.25) is 0 Å². The minimum Gasteiger partial charge on any atom is -0.289 e. The van der Waals surface area contributed by atoms with E-state index in [0.29, 0.717) is 5.88 Å². The number of alkyl halides is 1. The summed E-state index contributed by atoms with van der Waals surface area (Å²) in [5.74, 6) is 1.13. The van der Waals surface area contributed by atoms with Crippen LogP contribution in [0.15, 0.2) is 31.1 Å². The molecule has 0 aliphatic rings. The van der Waals surface area contributed by atoms with Crippen LogP contribution in [0, 0.1) is 0 Å². The Morgan fingerprint density at radius 2 is 2.23 bits per heavy atom. The van der Waals surface area contributed by atoms with Crippen LogP contribution in [-0.4, -0.2) is 19.5 Å². The van der Waals surface area contributed by atoms with Crippen molar-refractivity contribution < 1.29 is 0 Å². The Bertz CT molecular complexity index is 368. The minimum atomic E-state index is 0.386. The van der Waals surface area contributed by atoms with Gasteiger partial charge in [-0.2, -0.15) is 0 Å². The van der Waals surface area contributed by atoms with Gasteiger partial charge < -0.3 is 0 Å². The Morgan fingerprint density at radius 1 is 1.31 bits per heavy atom. The van der Waals surface area contributed by atoms with E-state index < -0.39 is 0 Å². The smallest absolute Gasteiger partial charge is 0.156 e. The molecule has 0 aliphatic heterocycles. The molecule has 2 aromatic heterocycles. The number of hydrogen-bond acceptors (Lipinski definition) is 3. The maximum atomic E-state index is 5.58. The van der Waals surface area contributed by atoms with E-state index in [2.05, 4.69) is 15.0 Å². The molecule has 0 aliphatic carbocycles. The van der Waals surface area contributed by atoms with Crippen molar-refractivity contribution in [3.63, 3.8) is 0 Å². The Hall–Kier alpha value is -1.42. The van der Waals surface area contributed by atoms with Gasteiger partial charge in [0.05, 0.1) is 24.0 Å². The van der Waals surface area contributed by atoms with E-state index in [9.17, 15) is 0 Å². The molecule has 66 valence electrons. The van der Waals surface area contributed by atoms with Gasteiger partial charge in [-0.25, -0.2) is 9.97 Å². The van der Waals surface area contributed by atoms with Gasteiger partial charge in [0, 0.05) is 12.4 Å². The van der Waals surface area contributed by atoms with Crippen molar-refractivity contribution in [2.24, 2.45) is 0 Å². The van der Waals surface area contributed by atoms with E-state index in [4.69, 9.17) is 11.6 Å². The van der Waals surface area contributed by atoms with Gasteiger partial charge in [0.1, 0.15) is 6.33 Å². The second kappa shape index (κ2) is 3.53. The van der Waals surface area contributed by atoms with E-state index >= 15 is 0 Å². The van der Waals surface area contributed by atoms with Gasteiger partial charge in [-0.15, -0.1) is 11.6 Å². The van der Waals surface area contributed by atoms with Crippen molar-refractivity contribution in [3.8, 4) is 5.82 Å². The molecule has 0 bridgehead atoms. The van der Waals surface area contributed by atoms with Gasteiger partial charge in [-0.3, -0.25) is 9.55 Å². The van der Waals surface area contributed by atoms with Crippen LogP contribution in [-0.2, 0) is 5.88 Å². The molecular weight excluding hydrogens is 188 g/mol. The highest BCUT2D eigenvalue weighted by molar-refractivity contribution is 6.16. The summed E-state index contributed by atoms with van der Waals surface area (Å²) in [4.78, 5) is 12.2. The standard InChI is InChI=1S/C8H7ClN4/c9-3-7-4-12-8(5-11-7)13-2-1-10-6-13/h1-2,4-6H,3H2. The molecule has 0 aromatic carbocycles. The molecule has 5 heteroatoms. The first kappa shape index (κ1) is 8.19. The molecule has 0 saturated heterocycles. The summed E-state index contributed by atoms with van der Waals surface area (Å²) in [6, 6.07) is 0. The zero-order valence-corrected chi connectivity index (χ0v) is 7.52. The normalized spacial score (nSPS) is 10.2. The molecule has 0 unspecified atom stereocenters. The van der Waals surface area contributed by atoms with Crippen molar-refractivity contribution in [3.05, 3.63) is 36.8 Å². The molecule has 13 heavy (non-hydrogen) atoms. The molecule has 2 rings (SSSR count). The van der Waals surface area contributed by atoms with Gasteiger partial charge in [0.2, 0.25) is 0 Å². The summed E-state index contributed by atoms with van der Waals surface area (Å²) >= 11 is 5.58. The predicted octanol–water partition coefficient (Wildman–Crippen LogP) is 1.40. The summed E-state index contributed by atoms with van der Waals surface area (Å²) in [5.41, 5.74) is 0.769. The van der Waals surface area contributed by atoms with Crippen LogP contribution in [0.25, 0.3) is 5.82 Å². The van der Waals surface area contributed by atoms with Gasteiger partial charge in [0.15, 0.2) is 5.82 Å². The lowest BCUT2D eigenvalue weighted by Crippen LogP contribution is -1.96. The topological polar surface area (TPSA) is 43.6 Å². The van der Waals surface area contributed by atoms with Crippen LogP contribution in [0.5, 0.6) is 0 Å². The summed E-state index contributed by atoms with van der Waals surface area (Å²) < 4.78 is 1.78. The van der Waals surface area contributed by atoms with Crippen LogP contribution in [0.1, 0.15) is 5.69 Å². The third-order valence-electron chi connectivity index (χ3n) is 1.60. The number of nitrogens with zero attached hydrogens (tertiary/aromatic N) is 4. The molecule has 2 heterocycles. The largest absolute Gasteiger partial charge is 0.289 e. The number of halogens is 1. The zero-order valence-electron chi connectivity index (χ0n) is 6.76. The molecule has 2 aromatic rings. The second-order valence-electron chi connectivity index (χ2n) is 2.47. The molecule has 0 atom stereocenters. The van der Waals surface area contributed by atoms with E-state index in [-0.39, 0.29) is 0 Å². The van der Waals surface area contributed by atoms with Crippen molar-refractivity contribution in [2.75, 3.05) is 0 Å². The van der Waals surface area contributed by atoms with Crippen molar-refractivity contribution in [1.29, 1.82) is 0 Å². The van der Waals surface area contributed by atoms with Gasteiger partial charge in [-0.1, -0.05) is 0 Å². The van der Waals surface area contributed by atoms with Crippen LogP contribution in [0.3, 0.4) is 0 Å². The van der Waals surface area contributed by atoms with E-state index in [1.807, 2.05) is 6.20 Å². The van der Waals surface area contributed by atoms with Crippen molar-refractivity contribution in [2.45, 2.75) is 5.88 Å². The molecular formula is C8H7ClN4. The lowest BCUT2D eigenvalue weighted by Gasteiger charge is -1.99. The summed E-state index contributed by atoms with van der Waals surface area (Å²) in [6.45, 7) is 0. The molecule has 4 nitrogen and oxygen atoms in total. The lowest BCUT2D eigenvalue weighted by molar-refractivity contribution is 0.952. The Labute approximate surface area is 80.2 Å². The molecule has 0 saturated carbocycles. The van der Waals surface area contributed by atoms with Gasteiger partial charge in [-0.05, 0) is 0 Å². The maximum Gasteiger partial charge on any atom is 0.156 e. The monoisotopic (exact) mass is 194 g/mol. The van der Waals surface area contributed by atoms with Gasteiger partial charge in [0.25, 0.3) is 0 Å². The first-order valence-corrected chi connectivity index (χ1v) is 4.29. The third kappa shape index (κ3) is 1.67. The highest BCUT2D eigenvalue weighted by Gasteiger charge is 1.97. The first-order chi connectivity index (χ1) is 6.40. The fraction of sp³-hybridized carbons (Fsp3) is 0.125. The highest BCUT2D eigenvalue weighted by atomic mass is 35.5. The van der Waals surface area contributed by atoms with Crippen molar-refractivity contribution >= 4 is 11.6 Å². The SMILES string of the molecule is ClCc1cnc(-n2ccnc2)cn1. The average molecular weight is 195 g/mol. The zero-order chi connectivity index (χ0) is 9.10.